The lowest BCUT2D eigenvalue weighted by Gasteiger charge is -2.16. The number of hydrogen-bond donors (Lipinski definition) is 3. The van der Waals surface area contributed by atoms with Crippen LogP contribution in [0, 0.1) is 0 Å². The third-order valence-electron chi connectivity index (χ3n) is 3.19. The molecule has 0 aliphatic heterocycles. The summed E-state index contributed by atoms with van der Waals surface area (Å²) in [5.74, 6) is 0.237. The van der Waals surface area contributed by atoms with E-state index < -0.39 is 6.04 Å². The number of amides is 1. The van der Waals surface area contributed by atoms with Crippen molar-refractivity contribution in [1.29, 1.82) is 0 Å². The summed E-state index contributed by atoms with van der Waals surface area (Å²) in [6, 6.07) is 7.03. The van der Waals surface area contributed by atoms with Gasteiger partial charge in [0.15, 0.2) is 5.84 Å². The monoisotopic (exact) mass is 277 g/mol. The van der Waals surface area contributed by atoms with E-state index in [1.807, 2.05) is 19.1 Å². The number of carbonyl (C=O) groups is 1. The van der Waals surface area contributed by atoms with Crippen LogP contribution in [0.2, 0.25) is 0 Å². The van der Waals surface area contributed by atoms with E-state index in [4.69, 9.17) is 10.9 Å². The molecule has 1 unspecified atom stereocenters. The molecular formula is C15H23N3O2. The lowest BCUT2D eigenvalue weighted by atomic mass is 10.0. The van der Waals surface area contributed by atoms with Crippen molar-refractivity contribution in [2.45, 2.75) is 45.6 Å². The van der Waals surface area contributed by atoms with Crippen molar-refractivity contribution < 1.29 is 10.0 Å². The molecule has 0 fully saturated rings. The summed E-state index contributed by atoms with van der Waals surface area (Å²) in [5.41, 5.74) is 7.33. The average Bonchev–Trinajstić information content (AvgIpc) is 2.45. The zero-order valence-corrected chi connectivity index (χ0v) is 12.3. The highest BCUT2D eigenvalue weighted by molar-refractivity contribution is 5.98. The van der Waals surface area contributed by atoms with Crippen LogP contribution in [-0.2, 0) is 0 Å². The molecule has 0 aromatic heterocycles. The van der Waals surface area contributed by atoms with Gasteiger partial charge in [-0.2, -0.15) is 0 Å². The zero-order valence-electron chi connectivity index (χ0n) is 12.3. The van der Waals surface area contributed by atoms with Gasteiger partial charge in [0.05, 0.1) is 6.04 Å². The second-order valence-electron chi connectivity index (χ2n) is 5.12. The fraction of sp³-hybridized carbons (Fsp3) is 0.467. The Bertz CT molecular complexity index is 467. The molecule has 1 rings (SSSR count). The van der Waals surface area contributed by atoms with Crippen molar-refractivity contribution in [3.63, 3.8) is 0 Å². The Hall–Kier alpha value is -2.04. The van der Waals surface area contributed by atoms with E-state index in [1.165, 1.54) is 5.56 Å². The Morgan fingerprint density at radius 3 is 2.40 bits per heavy atom. The third kappa shape index (κ3) is 4.26. The normalized spacial score (nSPS) is 13.3. The van der Waals surface area contributed by atoms with Crippen molar-refractivity contribution in [3.05, 3.63) is 35.4 Å². The number of nitrogens with one attached hydrogen (secondary N) is 1. The van der Waals surface area contributed by atoms with Gasteiger partial charge in [0, 0.05) is 5.56 Å². The Labute approximate surface area is 119 Å². The summed E-state index contributed by atoms with van der Waals surface area (Å²) in [4.78, 5) is 12.1. The maximum absolute atomic E-state index is 12.1. The first-order valence-corrected chi connectivity index (χ1v) is 6.87. The third-order valence-corrected chi connectivity index (χ3v) is 3.19. The minimum Gasteiger partial charge on any atom is -0.409 e. The van der Waals surface area contributed by atoms with E-state index in [0.717, 1.165) is 6.42 Å². The molecule has 1 aromatic carbocycles. The van der Waals surface area contributed by atoms with Gasteiger partial charge < -0.3 is 16.3 Å². The molecule has 110 valence electrons. The number of hydrogen-bond acceptors (Lipinski definition) is 3. The lowest BCUT2D eigenvalue weighted by Crippen LogP contribution is -2.44. The van der Waals surface area contributed by atoms with Gasteiger partial charge in [-0.05, 0) is 30.0 Å². The fourth-order valence-electron chi connectivity index (χ4n) is 1.91. The number of carbonyl (C=O) groups excluding carboxylic acids is 1. The highest BCUT2D eigenvalue weighted by Crippen LogP contribution is 2.14. The average molecular weight is 277 g/mol. The summed E-state index contributed by atoms with van der Waals surface area (Å²) >= 11 is 0. The summed E-state index contributed by atoms with van der Waals surface area (Å²) in [6.45, 7) is 6.18. The smallest absolute Gasteiger partial charge is 0.251 e. The van der Waals surface area contributed by atoms with E-state index in [-0.39, 0.29) is 11.7 Å². The van der Waals surface area contributed by atoms with Crippen molar-refractivity contribution in [1.82, 2.24) is 5.32 Å². The van der Waals surface area contributed by atoms with E-state index in [0.29, 0.717) is 17.9 Å². The molecule has 1 atom stereocenters. The molecule has 0 radical (unpaired) electrons. The second-order valence-corrected chi connectivity index (χ2v) is 5.12. The zero-order chi connectivity index (χ0) is 15.1. The molecule has 1 amide bonds. The van der Waals surface area contributed by atoms with Crippen LogP contribution in [0.3, 0.4) is 0 Å². The van der Waals surface area contributed by atoms with Crippen LogP contribution in [0.25, 0.3) is 0 Å². The molecule has 5 heteroatoms. The van der Waals surface area contributed by atoms with Gasteiger partial charge in [-0.15, -0.1) is 0 Å². The van der Waals surface area contributed by atoms with E-state index in [9.17, 15) is 4.79 Å². The molecule has 0 aliphatic carbocycles. The van der Waals surface area contributed by atoms with Gasteiger partial charge in [-0.3, -0.25) is 4.79 Å². The number of rotatable bonds is 6. The van der Waals surface area contributed by atoms with Crippen LogP contribution in [-0.4, -0.2) is 23.0 Å². The van der Waals surface area contributed by atoms with Crippen LogP contribution in [0.5, 0.6) is 0 Å². The number of oxime groups is 1. The quantitative estimate of drug-likeness (QED) is 0.323. The number of amidine groups is 1. The van der Waals surface area contributed by atoms with Gasteiger partial charge in [0.25, 0.3) is 5.91 Å². The van der Waals surface area contributed by atoms with E-state index in [2.05, 4.69) is 24.3 Å². The van der Waals surface area contributed by atoms with Crippen LogP contribution in [0.15, 0.2) is 29.4 Å². The standard InChI is InChI=1S/C15H23N3O2/c1-4-5-13(14(16)18-20)17-15(19)12-8-6-11(7-9-12)10(2)3/h6-10,13,20H,4-5H2,1-3H3,(H2,16,18)(H,17,19). The molecule has 1 aromatic rings. The van der Waals surface area contributed by atoms with Gasteiger partial charge in [0.1, 0.15) is 0 Å². The summed E-state index contributed by atoms with van der Waals surface area (Å²) < 4.78 is 0. The predicted molar refractivity (Wildman–Crippen MR) is 80.1 cm³/mol. The van der Waals surface area contributed by atoms with Crippen molar-refractivity contribution in [2.24, 2.45) is 10.9 Å². The molecule has 5 nitrogen and oxygen atoms in total. The van der Waals surface area contributed by atoms with Crippen LogP contribution < -0.4 is 11.1 Å². The first-order chi connectivity index (χ1) is 9.49. The Balaban J connectivity index is 2.78. The Kier molecular flexibility index (Phi) is 6.03. The molecule has 0 heterocycles. The van der Waals surface area contributed by atoms with Crippen LogP contribution in [0.1, 0.15) is 55.5 Å². The number of benzene rings is 1. The summed E-state index contributed by atoms with van der Waals surface area (Å²) in [7, 11) is 0. The van der Waals surface area contributed by atoms with Gasteiger partial charge in [0.2, 0.25) is 0 Å². The second kappa shape index (κ2) is 7.53. The van der Waals surface area contributed by atoms with Crippen molar-refractivity contribution >= 4 is 11.7 Å². The largest absolute Gasteiger partial charge is 0.409 e. The maximum Gasteiger partial charge on any atom is 0.251 e. The van der Waals surface area contributed by atoms with Gasteiger partial charge >= 0.3 is 0 Å². The van der Waals surface area contributed by atoms with Crippen LogP contribution >= 0.6 is 0 Å². The predicted octanol–water partition coefficient (Wildman–Crippen LogP) is 2.45. The SMILES string of the molecule is CCCC(NC(=O)c1ccc(C(C)C)cc1)/C(N)=N/O. The first kappa shape index (κ1) is 16.0. The molecule has 4 N–H and O–H groups in total. The molecule has 0 spiro atoms. The lowest BCUT2D eigenvalue weighted by molar-refractivity contribution is 0.0945. The molecule has 0 saturated heterocycles. The first-order valence-electron chi connectivity index (χ1n) is 6.87. The molecule has 0 aliphatic rings. The maximum atomic E-state index is 12.1. The molecule has 0 saturated carbocycles. The highest BCUT2D eigenvalue weighted by atomic mass is 16.4. The molecule has 0 bridgehead atoms. The topological polar surface area (TPSA) is 87.7 Å². The van der Waals surface area contributed by atoms with Gasteiger partial charge in [-0.25, -0.2) is 0 Å². The van der Waals surface area contributed by atoms with E-state index in [1.54, 1.807) is 12.1 Å². The Morgan fingerprint density at radius 1 is 1.35 bits per heavy atom. The minimum atomic E-state index is -0.442. The van der Waals surface area contributed by atoms with Crippen LogP contribution in [0.4, 0.5) is 0 Å². The minimum absolute atomic E-state index is 0.0269. The molecule has 20 heavy (non-hydrogen) atoms. The summed E-state index contributed by atoms with van der Waals surface area (Å²) in [5, 5.41) is 14.5. The summed E-state index contributed by atoms with van der Waals surface area (Å²) in [6.07, 6.45) is 1.46. The van der Waals surface area contributed by atoms with Crippen molar-refractivity contribution in [3.8, 4) is 0 Å². The van der Waals surface area contributed by atoms with Crippen molar-refractivity contribution in [2.75, 3.05) is 0 Å². The highest BCUT2D eigenvalue weighted by Gasteiger charge is 2.17. The number of nitrogens with two attached hydrogens (primary N) is 1. The van der Waals surface area contributed by atoms with E-state index >= 15 is 0 Å². The fourth-order valence-corrected chi connectivity index (χ4v) is 1.91. The number of nitrogens with zero attached hydrogens (tertiary/aromatic N) is 1. The Morgan fingerprint density at radius 2 is 1.95 bits per heavy atom. The van der Waals surface area contributed by atoms with Gasteiger partial charge in [-0.1, -0.05) is 44.5 Å². The molecular weight excluding hydrogens is 254 g/mol.